The van der Waals surface area contributed by atoms with E-state index in [4.69, 9.17) is 4.74 Å². The predicted octanol–water partition coefficient (Wildman–Crippen LogP) is 4.21. The summed E-state index contributed by atoms with van der Waals surface area (Å²) < 4.78 is 5.99. The number of benzene rings is 1. The van der Waals surface area contributed by atoms with E-state index in [1.165, 1.54) is 19.3 Å². The molecule has 1 atom stereocenters. The molecule has 1 unspecified atom stereocenters. The average Bonchev–Trinajstić information content (AvgIpc) is 2.60. The molecule has 1 aromatic carbocycles. The first-order valence-electron chi connectivity index (χ1n) is 9.03. The molecule has 126 valence electrons. The fraction of sp³-hybridized carbons (Fsp3) is 0.571. The van der Waals surface area contributed by atoms with Gasteiger partial charge in [-0.25, -0.2) is 0 Å². The molecule has 0 N–H and O–H groups in total. The maximum atomic E-state index is 9.63. The molecule has 4 aliphatic rings. The Morgan fingerprint density at radius 2 is 1.36 bits per heavy atom. The van der Waals surface area contributed by atoms with Gasteiger partial charge in [0.2, 0.25) is 0 Å². The molecule has 4 saturated carbocycles. The molecule has 0 aliphatic heterocycles. The molecule has 0 saturated heterocycles. The lowest BCUT2D eigenvalue weighted by molar-refractivity contribution is -0.134. The Kier molecular flexibility index (Phi) is 3.79. The summed E-state index contributed by atoms with van der Waals surface area (Å²) in [7, 11) is 1.72. The van der Waals surface area contributed by atoms with Gasteiger partial charge in [0.05, 0.1) is 28.9 Å². The van der Waals surface area contributed by atoms with Gasteiger partial charge in [-0.15, -0.1) is 0 Å². The van der Waals surface area contributed by atoms with Gasteiger partial charge in [-0.2, -0.15) is 15.8 Å². The summed E-state index contributed by atoms with van der Waals surface area (Å²) in [5, 5.41) is 28.3. The molecule has 4 bridgehead atoms. The highest BCUT2D eigenvalue weighted by Gasteiger charge is 2.55. The summed E-state index contributed by atoms with van der Waals surface area (Å²) in [4.78, 5) is 0. The molecule has 4 aliphatic carbocycles. The smallest absolute Gasteiger partial charge is 0.101 e. The van der Waals surface area contributed by atoms with Crippen LogP contribution in [0, 0.1) is 57.2 Å². The second-order valence-electron chi connectivity index (χ2n) is 8.22. The lowest BCUT2D eigenvalue weighted by Crippen LogP contribution is -2.49. The van der Waals surface area contributed by atoms with Crippen molar-refractivity contribution >= 4 is 0 Å². The van der Waals surface area contributed by atoms with Crippen molar-refractivity contribution in [2.45, 2.75) is 44.6 Å². The van der Waals surface area contributed by atoms with Gasteiger partial charge in [0.25, 0.3) is 0 Å². The Bertz CT molecular complexity index is 801. The SMILES string of the molecule is COC(c1cc(C#N)c(C#N)cc1C#N)C12CC3CC(CC(C3)C1)C2. The molecule has 1 aromatic rings. The minimum Gasteiger partial charge on any atom is -0.376 e. The zero-order valence-electron chi connectivity index (χ0n) is 14.5. The minimum absolute atomic E-state index is 0.0794. The predicted molar refractivity (Wildman–Crippen MR) is 90.9 cm³/mol. The third-order valence-electron chi connectivity index (χ3n) is 6.71. The summed E-state index contributed by atoms with van der Waals surface area (Å²) in [6.07, 6.45) is 7.33. The van der Waals surface area contributed by atoms with E-state index in [9.17, 15) is 15.8 Å². The Morgan fingerprint density at radius 3 is 1.80 bits per heavy atom. The van der Waals surface area contributed by atoms with Crippen molar-refractivity contribution in [2.75, 3.05) is 7.11 Å². The van der Waals surface area contributed by atoms with Gasteiger partial charge in [0, 0.05) is 18.1 Å². The van der Waals surface area contributed by atoms with E-state index in [-0.39, 0.29) is 17.1 Å². The van der Waals surface area contributed by atoms with E-state index in [1.807, 2.05) is 6.07 Å². The van der Waals surface area contributed by atoms with Crippen LogP contribution in [0.3, 0.4) is 0 Å². The molecular formula is C21H21N3O. The van der Waals surface area contributed by atoms with Gasteiger partial charge in [0.15, 0.2) is 0 Å². The molecule has 0 aromatic heterocycles. The van der Waals surface area contributed by atoms with Gasteiger partial charge in [-0.3, -0.25) is 0 Å². The molecule has 5 rings (SSSR count). The highest BCUT2D eigenvalue weighted by atomic mass is 16.5. The molecule has 0 amide bonds. The summed E-state index contributed by atoms with van der Waals surface area (Å²) in [6.45, 7) is 0. The van der Waals surface area contributed by atoms with Crippen molar-refractivity contribution in [3.8, 4) is 18.2 Å². The first kappa shape index (κ1) is 16.1. The topological polar surface area (TPSA) is 80.6 Å². The lowest BCUT2D eigenvalue weighted by Gasteiger charge is -2.59. The quantitative estimate of drug-likeness (QED) is 0.831. The minimum atomic E-state index is -0.171. The van der Waals surface area contributed by atoms with Crippen LogP contribution in [0.4, 0.5) is 0 Å². The maximum Gasteiger partial charge on any atom is 0.101 e. The van der Waals surface area contributed by atoms with Crippen LogP contribution in [0.2, 0.25) is 0 Å². The average molecular weight is 331 g/mol. The van der Waals surface area contributed by atoms with E-state index in [1.54, 1.807) is 19.2 Å². The summed E-state index contributed by atoms with van der Waals surface area (Å²) in [5.74, 6) is 2.34. The van der Waals surface area contributed by atoms with Crippen molar-refractivity contribution in [1.29, 1.82) is 15.8 Å². The van der Waals surface area contributed by atoms with Crippen LogP contribution in [0.25, 0.3) is 0 Å². The van der Waals surface area contributed by atoms with Crippen molar-refractivity contribution in [2.24, 2.45) is 23.2 Å². The molecule has 0 spiro atoms. The van der Waals surface area contributed by atoms with Crippen molar-refractivity contribution < 1.29 is 4.74 Å². The third-order valence-corrected chi connectivity index (χ3v) is 6.71. The second-order valence-corrected chi connectivity index (χ2v) is 8.22. The highest BCUT2D eigenvalue weighted by molar-refractivity contribution is 5.54. The van der Waals surface area contributed by atoms with E-state index < -0.39 is 0 Å². The Morgan fingerprint density at radius 1 is 0.880 bits per heavy atom. The summed E-state index contributed by atoms with van der Waals surface area (Å²) >= 11 is 0. The van der Waals surface area contributed by atoms with Crippen LogP contribution in [-0.4, -0.2) is 7.11 Å². The second kappa shape index (κ2) is 5.87. The first-order valence-corrected chi connectivity index (χ1v) is 9.03. The number of rotatable bonds is 3. The van der Waals surface area contributed by atoms with E-state index >= 15 is 0 Å². The third kappa shape index (κ3) is 2.43. The van der Waals surface area contributed by atoms with E-state index in [0.717, 1.165) is 42.6 Å². The molecule has 4 nitrogen and oxygen atoms in total. The standard InChI is InChI=1S/C21H21N3O/c1-25-20(19-6-17(11-23)16(10-22)5-18(19)12-24)21-7-13-2-14(8-21)4-15(3-13)9-21/h5-6,13-15,20H,2-4,7-9H2,1H3. The molecule has 0 radical (unpaired) electrons. The zero-order chi connectivity index (χ0) is 17.6. The Balaban J connectivity index is 1.81. The Hall–Kier alpha value is -2.35. The number of hydrogen-bond acceptors (Lipinski definition) is 4. The van der Waals surface area contributed by atoms with Crippen LogP contribution < -0.4 is 0 Å². The fourth-order valence-electron chi connectivity index (χ4n) is 6.32. The lowest BCUT2D eigenvalue weighted by atomic mass is 9.47. The van der Waals surface area contributed by atoms with Crippen LogP contribution in [0.5, 0.6) is 0 Å². The molecule has 4 heteroatoms. The van der Waals surface area contributed by atoms with E-state index in [2.05, 4.69) is 12.1 Å². The van der Waals surface area contributed by atoms with E-state index in [0.29, 0.717) is 11.1 Å². The van der Waals surface area contributed by atoms with Crippen LogP contribution >= 0.6 is 0 Å². The van der Waals surface area contributed by atoms with Crippen molar-refractivity contribution in [3.05, 3.63) is 34.4 Å². The summed E-state index contributed by atoms with van der Waals surface area (Å²) in [5.41, 5.74) is 1.95. The maximum absolute atomic E-state index is 9.63. The van der Waals surface area contributed by atoms with Crippen LogP contribution in [0.1, 0.15) is 66.9 Å². The van der Waals surface area contributed by atoms with Crippen molar-refractivity contribution in [1.82, 2.24) is 0 Å². The van der Waals surface area contributed by atoms with Gasteiger partial charge in [0.1, 0.15) is 12.1 Å². The van der Waals surface area contributed by atoms with Crippen molar-refractivity contribution in [3.63, 3.8) is 0 Å². The molecule has 25 heavy (non-hydrogen) atoms. The number of methoxy groups -OCH3 is 1. The summed E-state index contributed by atoms with van der Waals surface area (Å²) in [6, 6.07) is 9.64. The van der Waals surface area contributed by atoms with Crippen LogP contribution in [0.15, 0.2) is 12.1 Å². The number of nitrogens with zero attached hydrogens (tertiary/aromatic N) is 3. The van der Waals surface area contributed by atoms with Crippen LogP contribution in [-0.2, 0) is 4.74 Å². The number of hydrogen-bond donors (Lipinski definition) is 0. The number of ether oxygens (including phenoxy) is 1. The monoisotopic (exact) mass is 331 g/mol. The molecule has 4 fully saturated rings. The fourth-order valence-corrected chi connectivity index (χ4v) is 6.32. The van der Waals surface area contributed by atoms with Gasteiger partial charge >= 0.3 is 0 Å². The van der Waals surface area contributed by atoms with Gasteiger partial charge in [-0.05, 0) is 68.4 Å². The molecular weight excluding hydrogens is 310 g/mol. The number of nitriles is 3. The zero-order valence-corrected chi connectivity index (χ0v) is 14.5. The van der Waals surface area contributed by atoms with Gasteiger partial charge < -0.3 is 4.74 Å². The molecule has 0 heterocycles. The normalized spacial score (nSPS) is 33.3. The highest BCUT2D eigenvalue weighted by Crippen LogP contribution is 2.64. The van der Waals surface area contributed by atoms with Gasteiger partial charge in [-0.1, -0.05) is 0 Å². The Labute approximate surface area is 148 Å². The first-order chi connectivity index (χ1) is 12.1. The largest absolute Gasteiger partial charge is 0.376 e.